The van der Waals surface area contributed by atoms with E-state index in [-0.39, 0.29) is 17.2 Å². The Balaban J connectivity index is 2.25. The normalized spacial score (nSPS) is 23.9. The molecule has 2 unspecified atom stereocenters. The van der Waals surface area contributed by atoms with Gasteiger partial charge in [-0.05, 0) is 13.1 Å². The third kappa shape index (κ3) is 3.69. The summed E-state index contributed by atoms with van der Waals surface area (Å²) < 4.78 is 28.5. The van der Waals surface area contributed by atoms with Crippen molar-refractivity contribution in [2.75, 3.05) is 18.6 Å². The fourth-order valence-electron chi connectivity index (χ4n) is 2.20. The van der Waals surface area contributed by atoms with Gasteiger partial charge in [-0.15, -0.1) is 0 Å². The molecule has 9 heteroatoms. The fraction of sp³-hybridized carbons (Fsp3) is 0.500. The van der Waals surface area contributed by atoms with E-state index in [9.17, 15) is 23.6 Å². The summed E-state index contributed by atoms with van der Waals surface area (Å²) in [5, 5.41) is 23.4. The fourth-order valence-corrected chi connectivity index (χ4v) is 3.86. The number of nitrogens with zero attached hydrogens (tertiary/aromatic N) is 1. The van der Waals surface area contributed by atoms with Crippen molar-refractivity contribution in [3.8, 4) is 5.75 Å². The van der Waals surface area contributed by atoms with Crippen molar-refractivity contribution in [3.63, 3.8) is 0 Å². The summed E-state index contributed by atoms with van der Waals surface area (Å²) >= 11 is 0. The van der Waals surface area contributed by atoms with Crippen LogP contribution in [-0.2, 0) is 16.4 Å². The second-order valence-corrected chi connectivity index (χ2v) is 7.03. The van der Waals surface area contributed by atoms with E-state index in [4.69, 9.17) is 4.74 Å². The first kappa shape index (κ1) is 15.7. The SMILES string of the molecule is CNCc1cc([N+](=O)[O-])ccc1OC1CS(=O)(=O)CC1O. The second-order valence-electron chi connectivity index (χ2n) is 4.88. The lowest BCUT2D eigenvalue weighted by Crippen LogP contribution is -2.30. The molecule has 2 rings (SSSR count). The number of benzene rings is 1. The van der Waals surface area contributed by atoms with Crippen molar-refractivity contribution >= 4 is 15.5 Å². The standard InChI is InChI=1S/C12H16N2O6S/c1-13-5-8-4-9(14(16)17)2-3-11(8)20-12-7-21(18,19)6-10(12)15/h2-4,10,12-13,15H,5-7H2,1H3. The van der Waals surface area contributed by atoms with Crippen LogP contribution in [-0.4, -0.2) is 49.2 Å². The predicted octanol–water partition coefficient (Wildman–Crippen LogP) is -0.149. The number of nitro benzene ring substituents is 1. The lowest BCUT2D eigenvalue weighted by molar-refractivity contribution is -0.384. The van der Waals surface area contributed by atoms with Crippen molar-refractivity contribution in [3.05, 3.63) is 33.9 Å². The summed E-state index contributed by atoms with van der Waals surface area (Å²) in [4.78, 5) is 10.3. The minimum Gasteiger partial charge on any atom is -0.486 e. The van der Waals surface area contributed by atoms with Gasteiger partial charge in [0.15, 0.2) is 9.84 Å². The number of non-ortho nitro benzene ring substituents is 1. The highest BCUT2D eigenvalue weighted by molar-refractivity contribution is 7.91. The summed E-state index contributed by atoms with van der Waals surface area (Å²) in [7, 11) is -1.63. The van der Waals surface area contributed by atoms with E-state index in [2.05, 4.69) is 5.32 Å². The minimum absolute atomic E-state index is 0.0767. The summed E-state index contributed by atoms with van der Waals surface area (Å²) in [5.41, 5.74) is 0.454. The van der Waals surface area contributed by atoms with Gasteiger partial charge < -0.3 is 15.2 Å². The number of nitrogens with one attached hydrogen (secondary N) is 1. The maximum atomic E-state index is 11.5. The Labute approximate surface area is 121 Å². The molecule has 1 aliphatic heterocycles. The monoisotopic (exact) mass is 316 g/mol. The molecule has 2 atom stereocenters. The molecule has 0 saturated carbocycles. The maximum Gasteiger partial charge on any atom is 0.270 e. The van der Waals surface area contributed by atoms with E-state index in [1.807, 2.05) is 0 Å². The molecule has 1 saturated heterocycles. The van der Waals surface area contributed by atoms with Crippen LogP contribution >= 0.6 is 0 Å². The van der Waals surface area contributed by atoms with Gasteiger partial charge >= 0.3 is 0 Å². The number of hydrogen-bond acceptors (Lipinski definition) is 7. The maximum absolute atomic E-state index is 11.5. The highest BCUT2D eigenvalue weighted by Crippen LogP contribution is 2.27. The van der Waals surface area contributed by atoms with Crippen LogP contribution in [0.25, 0.3) is 0 Å². The van der Waals surface area contributed by atoms with Gasteiger partial charge in [-0.25, -0.2) is 8.42 Å². The molecule has 21 heavy (non-hydrogen) atoms. The first-order valence-corrected chi connectivity index (χ1v) is 8.11. The molecule has 1 aromatic rings. The molecule has 1 aliphatic rings. The van der Waals surface area contributed by atoms with Crippen molar-refractivity contribution in [1.29, 1.82) is 0 Å². The molecule has 2 N–H and O–H groups in total. The van der Waals surface area contributed by atoms with Gasteiger partial charge in [0.25, 0.3) is 5.69 Å². The first-order chi connectivity index (χ1) is 9.82. The largest absolute Gasteiger partial charge is 0.486 e. The quantitative estimate of drug-likeness (QED) is 0.573. The zero-order valence-corrected chi connectivity index (χ0v) is 12.2. The molecular weight excluding hydrogens is 300 g/mol. The minimum atomic E-state index is -3.31. The molecule has 0 bridgehead atoms. The van der Waals surface area contributed by atoms with Gasteiger partial charge in [0.1, 0.15) is 18.0 Å². The number of aliphatic hydroxyl groups is 1. The van der Waals surface area contributed by atoms with Gasteiger partial charge in [-0.2, -0.15) is 0 Å². The zero-order valence-electron chi connectivity index (χ0n) is 11.4. The average molecular weight is 316 g/mol. The number of rotatable bonds is 5. The van der Waals surface area contributed by atoms with Gasteiger partial charge in [-0.3, -0.25) is 10.1 Å². The van der Waals surface area contributed by atoms with Gasteiger partial charge in [0.05, 0.1) is 16.4 Å². The molecule has 1 heterocycles. The van der Waals surface area contributed by atoms with E-state index < -0.39 is 27.0 Å². The highest BCUT2D eigenvalue weighted by atomic mass is 32.2. The van der Waals surface area contributed by atoms with E-state index in [1.54, 1.807) is 7.05 Å². The molecule has 1 fully saturated rings. The van der Waals surface area contributed by atoms with Gasteiger partial charge in [0, 0.05) is 24.2 Å². The molecule has 0 spiro atoms. The summed E-state index contributed by atoms with van der Waals surface area (Å²) in [6.07, 6.45) is -1.94. The summed E-state index contributed by atoms with van der Waals surface area (Å²) in [5.74, 6) is -0.257. The average Bonchev–Trinajstić information content (AvgIpc) is 2.64. The smallest absolute Gasteiger partial charge is 0.270 e. The predicted molar refractivity (Wildman–Crippen MR) is 74.9 cm³/mol. The van der Waals surface area contributed by atoms with Crippen LogP contribution in [0.2, 0.25) is 0 Å². The van der Waals surface area contributed by atoms with E-state index in [0.717, 1.165) is 0 Å². The number of ether oxygens (including phenoxy) is 1. The number of nitro groups is 1. The Morgan fingerprint density at radius 3 is 2.71 bits per heavy atom. The van der Waals surface area contributed by atoms with E-state index >= 15 is 0 Å². The number of aliphatic hydroxyl groups excluding tert-OH is 1. The van der Waals surface area contributed by atoms with Crippen LogP contribution in [0.5, 0.6) is 5.75 Å². The topological polar surface area (TPSA) is 119 Å². The van der Waals surface area contributed by atoms with Crippen molar-refractivity contribution < 1.29 is 23.2 Å². The highest BCUT2D eigenvalue weighted by Gasteiger charge is 2.38. The number of hydrogen-bond donors (Lipinski definition) is 2. The third-order valence-electron chi connectivity index (χ3n) is 3.17. The molecule has 0 aromatic heterocycles. The van der Waals surface area contributed by atoms with Crippen LogP contribution in [0.1, 0.15) is 5.56 Å². The summed E-state index contributed by atoms with van der Waals surface area (Å²) in [6.45, 7) is 0.326. The molecule has 0 radical (unpaired) electrons. The molecule has 8 nitrogen and oxygen atoms in total. The Morgan fingerprint density at radius 1 is 1.48 bits per heavy atom. The Hall–Kier alpha value is -1.71. The molecule has 1 aromatic carbocycles. The van der Waals surface area contributed by atoms with E-state index in [1.165, 1.54) is 18.2 Å². The second kappa shape index (κ2) is 5.96. The Morgan fingerprint density at radius 2 is 2.19 bits per heavy atom. The molecular formula is C12H16N2O6S. The van der Waals surface area contributed by atoms with Crippen LogP contribution in [0.4, 0.5) is 5.69 Å². The first-order valence-electron chi connectivity index (χ1n) is 6.29. The van der Waals surface area contributed by atoms with Crippen LogP contribution in [0, 0.1) is 10.1 Å². The lowest BCUT2D eigenvalue weighted by atomic mass is 10.1. The Bertz CT molecular complexity index is 645. The van der Waals surface area contributed by atoms with Crippen molar-refractivity contribution in [2.45, 2.75) is 18.8 Å². The molecule has 0 aliphatic carbocycles. The van der Waals surface area contributed by atoms with Gasteiger partial charge in [0.2, 0.25) is 0 Å². The summed E-state index contributed by atoms with van der Waals surface area (Å²) in [6, 6.07) is 4.06. The molecule has 116 valence electrons. The molecule has 0 amide bonds. The van der Waals surface area contributed by atoms with Crippen LogP contribution in [0.15, 0.2) is 18.2 Å². The zero-order chi connectivity index (χ0) is 15.6. The third-order valence-corrected chi connectivity index (χ3v) is 4.86. The van der Waals surface area contributed by atoms with Crippen molar-refractivity contribution in [1.82, 2.24) is 5.32 Å². The lowest BCUT2D eigenvalue weighted by Gasteiger charge is -2.18. The Kier molecular flexibility index (Phi) is 4.45. The number of sulfone groups is 1. The van der Waals surface area contributed by atoms with Crippen LogP contribution in [0.3, 0.4) is 0 Å². The van der Waals surface area contributed by atoms with E-state index in [0.29, 0.717) is 17.9 Å². The van der Waals surface area contributed by atoms with Gasteiger partial charge in [-0.1, -0.05) is 0 Å². The van der Waals surface area contributed by atoms with Crippen LogP contribution < -0.4 is 10.1 Å². The van der Waals surface area contributed by atoms with Crippen molar-refractivity contribution in [2.24, 2.45) is 0 Å².